The molecule has 0 saturated heterocycles. The lowest BCUT2D eigenvalue weighted by Gasteiger charge is -2.44. The Balaban J connectivity index is 1.24. The second kappa shape index (κ2) is 15.8. The first-order valence-corrected chi connectivity index (χ1v) is 24.0. The third-order valence-electron chi connectivity index (χ3n) is 13.7. The van der Waals surface area contributed by atoms with Crippen molar-refractivity contribution in [2.75, 3.05) is 9.71 Å². The average Bonchev–Trinajstić information content (AvgIpc) is 3.92. The van der Waals surface area contributed by atoms with Gasteiger partial charge in [-0.3, -0.25) is 0 Å². The highest BCUT2D eigenvalue weighted by atomic mass is 32.1. The molecule has 5 heteroatoms. The van der Waals surface area contributed by atoms with E-state index < -0.39 is 0 Å². The molecule has 0 amide bonds. The predicted octanol–water partition coefficient (Wildman–Crippen LogP) is 15.8. The quantitative estimate of drug-likeness (QED) is 0.128. The van der Waals surface area contributed by atoms with Crippen molar-refractivity contribution in [1.82, 2.24) is 0 Å². The highest BCUT2D eigenvalue weighted by Gasteiger charge is 2.49. The van der Waals surface area contributed by atoms with Crippen LogP contribution >= 0.6 is 11.3 Å². The number of thiophene rings is 1. The molecule has 0 bridgehead atoms. The Morgan fingerprint density at radius 1 is 0.547 bits per heavy atom. The predicted molar refractivity (Wildman–Crippen MR) is 276 cm³/mol. The Morgan fingerprint density at radius 3 is 2.06 bits per heavy atom. The summed E-state index contributed by atoms with van der Waals surface area (Å²) in [4.78, 5) is 5.18. The van der Waals surface area contributed by atoms with Gasteiger partial charge in [-0.05, 0) is 144 Å². The number of fused-ring (bicyclic) bond motifs is 10. The van der Waals surface area contributed by atoms with Crippen molar-refractivity contribution in [3.8, 4) is 33.4 Å². The van der Waals surface area contributed by atoms with E-state index in [1.54, 1.807) is 0 Å². The number of aryl methyl sites for hydroxylation is 3. The largest absolute Gasteiger partial charge is 0.466 e. The van der Waals surface area contributed by atoms with Crippen molar-refractivity contribution in [1.29, 1.82) is 0 Å². The summed E-state index contributed by atoms with van der Waals surface area (Å²) < 4.78 is 9.96. The minimum Gasteiger partial charge on any atom is -0.466 e. The summed E-state index contributed by atoms with van der Waals surface area (Å²) in [5.41, 5.74) is 20.4. The Morgan fingerprint density at radius 2 is 1.25 bits per heavy atom. The van der Waals surface area contributed by atoms with E-state index in [1.165, 1.54) is 99.9 Å². The highest BCUT2D eigenvalue weighted by molar-refractivity contribution is 7.26. The fraction of sp³-hybridized carbons (Fsp3) is 0.153. The molecule has 310 valence electrons. The Labute approximate surface area is 380 Å². The minimum atomic E-state index is -0.241. The summed E-state index contributed by atoms with van der Waals surface area (Å²) in [6.45, 7) is 6.56. The smallest absolute Gasteiger partial charge is 0.375 e. The molecule has 0 fully saturated rings. The van der Waals surface area contributed by atoms with E-state index in [0.717, 1.165) is 59.4 Å². The number of para-hydroxylation sites is 1. The third kappa shape index (κ3) is 6.16. The van der Waals surface area contributed by atoms with Crippen LogP contribution in [-0.2, 0) is 12.8 Å². The van der Waals surface area contributed by atoms with Crippen LogP contribution in [0.15, 0.2) is 174 Å². The van der Waals surface area contributed by atoms with Gasteiger partial charge in [0.05, 0.1) is 11.4 Å². The fourth-order valence-electron chi connectivity index (χ4n) is 10.7. The first-order chi connectivity index (χ1) is 31.6. The molecule has 0 N–H and O–H groups in total. The van der Waals surface area contributed by atoms with Crippen LogP contribution in [0.5, 0.6) is 0 Å². The molecule has 0 saturated carbocycles. The Bertz CT molecular complexity index is 3400. The van der Waals surface area contributed by atoms with Crippen LogP contribution in [0.3, 0.4) is 0 Å². The maximum atomic E-state index is 7.35. The molecule has 4 heterocycles. The van der Waals surface area contributed by atoms with Crippen LogP contribution in [0.4, 0.5) is 28.4 Å². The summed E-state index contributed by atoms with van der Waals surface area (Å²) in [6.07, 6.45) is 6.80. The summed E-state index contributed by atoms with van der Waals surface area (Å²) in [6, 6.07) is 63.9. The van der Waals surface area contributed by atoms with E-state index in [2.05, 4.69) is 200 Å². The molecular formula is C59H49BN2OS. The van der Waals surface area contributed by atoms with Crippen molar-refractivity contribution in [2.24, 2.45) is 0 Å². The van der Waals surface area contributed by atoms with Gasteiger partial charge in [-0.25, -0.2) is 0 Å². The van der Waals surface area contributed by atoms with Gasteiger partial charge < -0.3 is 14.1 Å². The van der Waals surface area contributed by atoms with Crippen molar-refractivity contribution in [3.05, 3.63) is 187 Å². The van der Waals surface area contributed by atoms with Crippen LogP contribution in [-0.4, -0.2) is 6.85 Å². The SMILES string of the molecule is CCCCc1ccc(N2B3c4oc5ccccc5c4N(c4ccc(CCCC)cc4-c4ccccc4)c4cc(-c5ccccc5C)cc(c43)-c3c2ccc2sc4ccccc4c32)cc1. The van der Waals surface area contributed by atoms with E-state index in [4.69, 9.17) is 4.42 Å². The maximum Gasteiger partial charge on any atom is 0.375 e. The standard InChI is InChI=1S/C59H49BN2OS/c1-4-6-18-39-27-30-43(31-28-39)62-50-33-34-54-56(46-24-14-16-26-53(46)64-54)55(50)48-36-42(44-22-12-11-17-38(44)3)37-51-57(48)60(62)59-58(45-23-13-15-25-52(45)63-59)61(51)49-32-29-40(19-7-5-2)35-47(49)41-20-9-8-10-21-41/h8-17,20-37H,4-7,18-19H2,1-3H3. The maximum absolute atomic E-state index is 7.35. The van der Waals surface area contributed by atoms with E-state index in [0.29, 0.717) is 0 Å². The molecule has 2 aromatic heterocycles. The van der Waals surface area contributed by atoms with Gasteiger partial charge in [0.15, 0.2) is 0 Å². The first kappa shape index (κ1) is 38.8. The molecule has 2 aliphatic heterocycles. The zero-order valence-corrected chi connectivity index (χ0v) is 37.5. The molecule has 2 aliphatic rings. The number of rotatable bonds is 10. The van der Waals surface area contributed by atoms with Crippen molar-refractivity contribution in [2.45, 2.75) is 59.3 Å². The zero-order valence-electron chi connectivity index (χ0n) is 36.7. The van der Waals surface area contributed by atoms with Gasteiger partial charge >= 0.3 is 6.85 Å². The average molecular weight is 845 g/mol. The number of nitrogens with zero attached hydrogens (tertiary/aromatic N) is 2. The van der Waals surface area contributed by atoms with E-state index in [9.17, 15) is 0 Å². The van der Waals surface area contributed by atoms with E-state index in [1.807, 2.05) is 11.3 Å². The minimum absolute atomic E-state index is 0.241. The second-order valence-electron chi connectivity index (χ2n) is 17.7. The number of furan rings is 1. The molecule has 10 aromatic rings. The number of anilines is 5. The topological polar surface area (TPSA) is 19.6 Å². The third-order valence-corrected chi connectivity index (χ3v) is 14.9. The fourth-order valence-corrected chi connectivity index (χ4v) is 11.8. The lowest BCUT2D eigenvalue weighted by atomic mass is 9.45. The summed E-state index contributed by atoms with van der Waals surface area (Å²) in [7, 11) is 0. The number of hydrogen-bond donors (Lipinski definition) is 0. The summed E-state index contributed by atoms with van der Waals surface area (Å²) >= 11 is 1.89. The van der Waals surface area contributed by atoms with Gasteiger partial charge in [0.2, 0.25) is 0 Å². The first-order valence-electron chi connectivity index (χ1n) is 23.2. The van der Waals surface area contributed by atoms with Gasteiger partial charge in [-0.1, -0.05) is 130 Å². The Kier molecular flexibility index (Phi) is 9.56. The van der Waals surface area contributed by atoms with Crippen molar-refractivity contribution < 1.29 is 4.42 Å². The van der Waals surface area contributed by atoms with E-state index in [-0.39, 0.29) is 6.85 Å². The molecule has 12 rings (SSSR count). The lowest BCUT2D eigenvalue weighted by Crippen LogP contribution is -2.61. The number of unbranched alkanes of at least 4 members (excludes halogenated alkanes) is 2. The van der Waals surface area contributed by atoms with Crippen LogP contribution in [0.25, 0.3) is 64.5 Å². The normalized spacial score (nSPS) is 12.9. The molecule has 0 aliphatic carbocycles. The molecule has 0 unspecified atom stereocenters. The molecule has 64 heavy (non-hydrogen) atoms. The summed E-state index contributed by atoms with van der Waals surface area (Å²) in [5.74, 6) is 0. The molecule has 0 atom stereocenters. The number of hydrogen-bond acceptors (Lipinski definition) is 4. The van der Waals surface area contributed by atoms with Crippen LogP contribution < -0.4 is 20.8 Å². The van der Waals surface area contributed by atoms with Gasteiger partial charge in [0.25, 0.3) is 0 Å². The van der Waals surface area contributed by atoms with Crippen molar-refractivity contribution in [3.63, 3.8) is 0 Å². The second-order valence-corrected chi connectivity index (χ2v) is 18.8. The van der Waals surface area contributed by atoms with Gasteiger partial charge in [0.1, 0.15) is 11.2 Å². The molecule has 0 spiro atoms. The van der Waals surface area contributed by atoms with Crippen molar-refractivity contribution >= 4 is 88.9 Å². The Hall–Kier alpha value is -6.82. The van der Waals surface area contributed by atoms with Crippen LogP contribution in [0.2, 0.25) is 0 Å². The molecule has 0 radical (unpaired) electrons. The van der Waals surface area contributed by atoms with Gasteiger partial charge in [0, 0.05) is 53.7 Å². The highest BCUT2D eigenvalue weighted by Crippen LogP contribution is 2.54. The number of benzene rings is 8. The molecule has 3 nitrogen and oxygen atoms in total. The summed E-state index contributed by atoms with van der Waals surface area (Å²) in [5, 5.41) is 3.73. The monoisotopic (exact) mass is 844 g/mol. The van der Waals surface area contributed by atoms with Gasteiger partial charge in [-0.15, -0.1) is 11.3 Å². The zero-order chi connectivity index (χ0) is 42.9. The van der Waals surface area contributed by atoms with Crippen LogP contribution in [0.1, 0.15) is 56.2 Å². The van der Waals surface area contributed by atoms with Gasteiger partial charge in [-0.2, -0.15) is 0 Å². The van der Waals surface area contributed by atoms with E-state index >= 15 is 0 Å². The lowest BCUT2D eigenvalue weighted by molar-refractivity contribution is 0.650. The van der Waals surface area contributed by atoms with Crippen LogP contribution in [0, 0.1) is 6.92 Å². The molecule has 8 aromatic carbocycles. The molecular weight excluding hydrogens is 796 g/mol.